The zero-order valence-electron chi connectivity index (χ0n) is 19.6. The molecule has 1 saturated heterocycles. The van der Waals surface area contributed by atoms with Crippen LogP contribution in [0.2, 0.25) is 5.15 Å². The highest BCUT2D eigenvalue weighted by Crippen LogP contribution is 2.21. The van der Waals surface area contributed by atoms with Crippen molar-refractivity contribution in [2.45, 2.75) is 33.5 Å². The fourth-order valence-electron chi connectivity index (χ4n) is 4.16. The van der Waals surface area contributed by atoms with Crippen molar-refractivity contribution in [3.8, 4) is 0 Å². The highest BCUT2D eigenvalue weighted by molar-refractivity contribution is 6.33. The molecule has 6 nitrogen and oxygen atoms in total. The summed E-state index contributed by atoms with van der Waals surface area (Å²) < 4.78 is 1.69. The lowest BCUT2D eigenvalue weighted by atomic mass is 10.1. The maximum absolute atomic E-state index is 12.9. The molecular weight excluding hydrogens is 434 g/mol. The summed E-state index contributed by atoms with van der Waals surface area (Å²) >= 11 is 6.56. The van der Waals surface area contributed by atoms with E-state index in [1.54, 1.807) is 4.68 Å². The predicted molar refractivity (Wildman–Crippen MR) is 133 cm³/mol. The lowest BCUT2D eigenvalue weighted by molar-refractivity contribution is 0.0950. The molecule has 2 heterocycles. The van der Waals surface area contributed by atoms with Crippen LogP contribution in [0.5, 0.6) is 0 Å². The minimum absolute atomic E-state index is 0.197. The number of likely N-dealkylation sites (N-methyl/N-ethyl adjacent to an activating group) is 1. The molecular formula is C26H32ClN5O. The van der Waals surface area contributed by atoms with E-state index in [-0.39, 0.29) is 5.91 Å². The number of amides is 1. The van der Waals surface area contributed by atoms with Gasteiger partial charge in [-0.2, -0.15) is 5.10 Å². The van der Waals surface area contributed by atoms with E-state index in [0.29, 0.717) is 29.5 Å². The standard InChI is InChI=1S/C26H32ClN5O/c1-19-7-9-21(10-8-19)18-32-25(27)24(20(2)29-32)26(33)28-16-22-5-4-6-23(15-22)17-31-13-11-30(3)12-14-31/h4-10,15H,11-14,16-18H2,1-3H3,(H,28,33). The van der Waals surface area contributed by atoms with Gasteiger partial charge in [-0.15, -0.1) is 0 Å². The fourth-order valence-corrected chi connectivity index (χ4v) is 4.48. The second-order valence-electron chi connectivity index (χ2n) is 8.98. The van der Waals surface area contributed by atoms with Gasteiger partial charge in [-0.3, -0.25) is 9.69 Å². The van der Waals surface area contributed by atoms with Crippen molar-refractivity contribution in [3.63, 3.8) is 0 Å². The van der Waals surface area contributed by atoms with Gasteiger partial charge in [0, 0.05) is 39.3 Å². The van der Waals surface area contributed by atoms with E-state index in [1.165, 1.54) is 11.1 Å². The van der Waals surface area contributed by atoms with Gasteiger partial charge in [0.2, 0.25) is 0 Å². The predicted octanol–water partition coefficient (Wildman–Crippen LogP) is 3.88. The lowest BCUT2D eigenvalue weighted by Gasteiger charge is -2.32. The Hall–Kier alpha value is -2.67. The zero-order chi connectivity index (χ0) is 23.4. The molecule has 174 valence electrons. The summed E-state index contributed by atoms with van der Waals surface area (Å²) in [6, 6.07) is 16.7. The van der Waals surface area contributed by atoms with Crippen LogP contribution in [0.15, 0.2) is 48.5 Å². The van der Waals surface area contributed by atoms with E-state index in [9.17, 15) is 4.79 Å². The van der Waals surface area contributed by atoms with E-state index in [0.717, 1.165) is 43.9 Å². The average molecular weight is 466 g/mol. The SMILES string of the molecule is Cc1ccc(Cn2nc(C)c(C(=O)NCc3cccc(CN4CCN(C)CC4)c3)c2Cl)cc1. The van der Waals surface area contributed by atoms with Crippen LogP contribution in [-0.2, 0) is 19.6 Å². The van der Waals surface area contributed by atoms with Gasteiger partial charge in [0.25, 0.3) is 5.91 Å². The smallest absolute Gasteiger partial charge is 0.256 e. The van der Waals surface area contributed by atoms with Gasteiger partial charge in [-0.25, -0.2) is 4.68 Å². The van der Waals surface area contributed by atoms with Gasteiger partial charge in [-0.05, 0) is 37.6 Å². The minimum atomic E-state index is -0.197. The van der Waals surface area contributed by atoms with Gasteiger partial charge in [0.15, 0.2) is 0 Å². The molecule has 0 radical (unpaired) electrons. The van der Waals surface area contributed by atoms with Crippen LogP contribution < -0.4 is 5.32 Å². The third-order valence-corrected chi connectivity index (χ3v) is 6.58. The number of nitrogens with zero attached hydrogens (tertiary/aromatic N) is 4. The van der Waals surface area contributed by atoms with E-state index in [2.05, 4.69) is 76.7 Å². The topological polar surface area (TPSA) is 53.4 Å². The minimum Gasteiger partial charge on any atom is -0.348 e. The Bertz CT molecular complexity index is 1100. The van der Waals surface area contributed by atoms with Gasteiger partial charge in [-0.1, -0.05) is 65.7 Å². The van der Waals surface area contributed by atoms with Crippen LogP contribution in [0.25, 0.3) is 0 Å². The molecule has 1 aliphatic rings. The van der Waals surface area contributed by atoms with Crippen molar-refractivity contribution in [1.29, 1.82) is 0 Å². The number of rotatable bonds is 7. The van der Waals surface area contributed by atoms with Crippen molar-refractivity contribution in [2.75, 3.05) is 33.2 Å². The Labute approximate surface area is 201 Å². The summed E-state index contributed by atoms with van der Waals surface area (Å²) in [6.45, 7) is 10.2. The first kappa shape index (κ1) is 23.5. The van der Waals surface area contributed by atoms with Gasteiger partial charge < -0.3 is 10.2 Å². The molecule has 0 saturated carbocycles. The van der Waals surface area contributed by atoms with Crippen LogP contribution in [-0.4, -0.2) is 58.7 Å². The van der Waals surface area contributed by atoms with Crippen LogP contribution in [0.1, 0.15) is 38.3 Å². The van der Waals surface area contributed by atoms with Gasteiger partial charge >= 0.3 is 0 Å². The summed E-state index contributed by atoms with van der Waals surface area (Å²) in [5, 5.41) is 7.89. The number of nitrogens with one attached hydrogen (secondary N) is 1. The van der Waals surface area contributed by atoms with Crippen molar-refractivity contribution in [1.82, 2.24) is 24.9 Å². The quantitative estimate of drug-likeness (QED) is 0.575. The first-order valence-corrected chi connectivity index (χ1v) is 11.8. The Morgan fingerprint density at radius 1 is 0.970 bits per heavy atom. The number of halogens is 1. The van der Waals surface area contributed by atoms with E-state index >= 15 is 0 Å². The molecule has 1 fully saturated rings. The van der Waals surface area contributed by atoms with E-state index < -0.39 is 0 Å². The van der Waals surface area contributed by atoms with E-state index in [1.807, 2.05) is 13.0 Å². The molecule has 1 amide bonds. The number of hydrogen-bond donors (Lipinski definition) is 1. The molecule has 4 rings (SSSR count). The molecule has 33 heavy (non-hydrogen) atoms. The summed E-state index contributed by atoms with van der Waals surface area (Å²) in [4.78, 5) is 17.8. The lowest BCUT2D eigenvalue weighted by Crippen LogP contribution is -2.43. The molecule has 3 aromatic rings. The first-order valence-electron chi connectivity index (χ1n) is 11.4. The second kappa shape index (κ2) is 10.5. The number of hydrogen-bond acceptors (Lipinski definition) is 4. The average Bonchev–Trinajstić information content (AvgIpc) is 3.08. The Kier molecular flexibility index (Phi) is 7.48. The number of carbonyl (C=O) groups is 1. The van der Waals surface area contributed by atoms with Crippen molar-refractivity contribution in [3.05, 3.63) is 87.2 Å². The molecule has 2 aromatic carbocycles. The molecule has 1 N–H and O–H groups in total. The van der Waals surface area contributed by atoms with Gasteiger partial charge in [0.1, 0.15) is 5.15 Å². The summed E-state index contributed by atoms with van der Waals surface area (Å²) in [5.41, 5.74) is 5.72. The molecule has 7 heteroatoms. The summed E-state index contributed by atoms with van der Waals surface area (Å²) in [5.74, 6) is -0.197. The number of piperazine rings is 1. The monoisotopic (exact) mass is 465 g/mol. The van der Waals surface area contributed by atoms with Crippen molar-refractivity contribution >= 4 is 17.5 Å². The molecule has 0 unspecified atom stereocenters. The number of benzene rings is 2. The number of carbonyl (C=O) groups excluding carboxylic acids is 1. The Morgan fingerprint density at radius 3 is 2.39 bits per heavy atom. The van der Waals surface area contributed by atoms with Crippen molar-refractivity contribution in [2.24, 2.45) is 0 Å². The zero-order valence-corrected chi connectivity index (χ0v) is 20.4. The van der Waals surface area contributed by atoms with Crippen LogP contribution >= 0.6 is 11.6 Å². The maximum atomic E-state index is 12.9. The van der Waals surface area contributed by atoms with Crippen LogP contribution in [0, 0.1) is 13.8 Å². The van der Waals surface area contributed by atoms with Crippen LogP contribution in [0.4, 0.5) is 0 Å². The molecule has 1 aromatic heterocycles. The third-order valence-electron chi connectivity index (χ3n) is 6.19. The summed E-state index contributed by atoms with van der Waals surface area (Å²) in [6.07, 6.45) is 0. The normalized spacial score (nSPS) is 15.0. The van der Waals surface area contributed by atoms with E-state index in [4.69, 9.17) is 11.6 Å². The van der Waals surface area contributed by atoms with Crippen LogP contribution in [0.3, 0.4) is 0 Å². The molecule has 0 bridgehead atoms. The second-order valence-corrected chi connectivity index (χ2v) is 9.33. The Balaban J connectivity index is 1.38. The summed E-state index contributed by atoms with van der Waals surface area (Å²) in [7, 11) is 2.17. The molecule has 0 aliphatic carbocycles. The fraction of sp³-hybridized carbons (Fsp3) is 0.385. The maximum Gasteiger partial charge on any atom is 0.256 e. The number of aromatic nitrogens is 2. The highest BCUT2D eigenvalue weighted by Gasteiger charge is 2.20. The Morgan fingerprint density at radius 2 is 1.67 bits per heavy atom. The molecule has 1 aliphatic heterocycles. The largest absolute Gasteiger partial charge is 0.348 e. The van der Waals surface area contributed by atoms with Gasteiger partial charge in [0.05, 0.1) is 17.8 Å². The number of aryl methyl sites for hydroxylation is 2. The molecule has 0 spiro atoms. The molecule has 0 atom stereocenters. The third kappa shape index (κ3) is 6.02. The first-order chi connectivity index (χ1) is 15.9. The highest BCUT2D eigenvalue weighted by atomic mass is 35.5. The van der Waals surface area contributed by atoms with Crippen molar-refractivity contribution < 1.29 is 4.79 Å².